The Kier molecular flexibility index (Phi) is 5.35. The second-order valence-electron chi connectivity index (χ2n) is 5.22. The van der Waals surface area contributed by atoms with Crippen LogP contribution in [-0.2, 0) is 16.1 Å². The van der Waals surface area contributed by atoms with Gasteiger partial charge in [0.05, 0.1) is 12.2 Å². The van der Waals surface area contributed by atoms with Crippen molar-refractivity contribution in [3.8, 4) is 0 Å². The van der Waals surface area contributed by atoms with Crippen LogP contribution in [0.15, 0.2) is 46.7 Å². The van der Waals surface area contributed by atoms with Crippen LogP contribution in [0.5, 0.6) is 0 Å². The topological polar surface area (TPSA) is 49.4 Å². The Morgan fingerprint density at radius 1 is 1.13 bits per heavy atom. The van der Waals surface area contributed by atoms with Crippen LogP contribution in [0.2, 0.25) is 0 Å². The van der Waals surface area contributed by atoms with E-state index in [1.165, 1.54) is 0 Å². The van der Waals surface area contributed by atoms with Crippen LogP contribution in [0.4, 0.5) is 5.69 Å². The van der Waals surface area contributed by atoms with E-state index in [-0.39, 0.29) is 24.7 Å². The Bertz CT molecular complexity index is 686. The van der Waals surface area contributed by atoms with Crippen molar-refractivity contribution >= 4 is 40.6 Å². The van der Waals surface area contributed by atoms with Crippen molar-refractivity contribution in [2.75, 3.05) is 17.2 Å². The van der Waals surface area contributed by atoms with Gasteiger partial charge in [-0.25, -0.2) is 0 Å². The molecule has 0 bridgehead atoms. The van der Waals surface area contributed by atoms with Gasteiger partial charge in [-0.2, -0.15) is 0 Å². The van der Waals surface area contributed by atoms with Gasteiger partial charge in [0.2, 0.25) is 11.8 Å². The number of hydrogen-bond donors (Lipinski definition) is 1. The summed E-state index contributed by atoms with van der Waals surface area (Å²) in [6.07, 6.45) is 0.477. The van der Waals surface area contributed by atoms with E-state index in [0.717, 1.165) is 21.2 Å². The van der Waals surface area contributed by atoms with Gasteiger partial charge in [0, 0.05) is 34.9 Å². The molecule has 6 heteroatoms. The molecule has 1 aromatic carbocycles. The zero-order valence-corrected chi connectivity index (χ0v) is 14.3. The number of carbonyl (C=O) groups excluding carboxylic acids is 2. The van der Waals surface area contributed by atoms with Gasteiger partial charge in [-0.15, -0.1) is 23.1 Å². The third-order valence-electron chi connectivity index (χ3n) is 3.64. The number of hydrogen-bond acceptors (Lipinski definition) is 4. The molecule has 0 radical (unpaired) electrons. The Morgan fingerprint density at radius 3 is 2.83 bits per heavy atom. The van der Waals surface area contributed by atoms with Gasteiger partial charge in [-0.3, -0.25) is 9.59 Å². The summed E-state index contributed by atoms with van der Waals surface area (Å²) in [4.78, 5) is 28.4. The lowest BCUT2D eigenvalue weighted by molar-refractivity contribution is -0.125. The van der Waals surface area contributed by atoms with E-state index in [0.29, 0.717) is 13.1 Å². The molecule has 2 amide bonds. The Balaban J connectivity index is 1.51. The van der Waals surface area contributed by atoms with Crippen molar-refractivity contribution in [2.45, 2.75) is 24.3 Å². The molecule has 0 unspecified atom stereocenters. The van der Waals surface area contributed by atoms with Gasteiger partial charge >= 0.3 is 0 Å². The maximum Gasteiger partial charge on any atom is 0.227 e. The molecular formula is C17H18N2O2S2. The minimum Gasteiger partial charge on any atom is -0.351 e. The molecule has 1 N–H and O–H groups in total. The highest BCUT2D eigenvalue weighted by atomic mass is 32.2. The Labute approximate surface area is 143 Å². The van der Waals surface area contributed by atoms with E-state index < -0.39 is 0 Å². The molecule has 0 spiro atoms. The second-order valence-corrected chi connectivity index (χ2v) is 7.39. The third-order valence-corrected chi connectivity index (χ3v) is 5.55. The van der Waals surface area contributed by atoms with Gasteiger partial charge in [0.25, 0.3) is 0 Å². The molecule has 1 aliphatic heterocycles. The first kappa shape index (κ1) is 16.1. The first-order chi connectivity index (χ1) is 11.2. The van der Waals surface area contributed by atoms with Crippen LogP contribution in [0.1, 0.15) is 17.7 Å². The molecule has 3 rings (SSSR count). The fourth-order valence-corrected chi connectivity index (χ4v) is 4.11. The van der Waals surface area contributed by atoms with Crippen molar-refractivity contribution in [2.24, 2.45) is 0 Å². The van der Waals surface area contributed by atoms with Crippen LogP contribution in [-0.4, -0.2) is 24.1 Å². The highest BCUT2D eigenvalue weighted by molar-refractivity contribution is 7.99. The van der Waals surface area contributed by atoms with Crippen LogP contribution in [0.3, 0.4) is 0 Å². The van der Waals surface area contributed by atoms with E-state index in [9.17, 15) is 9.59 Å². The maximum absolute atomic E-state index is 12.4. The molecule has 0 saturated carbocycles. The summed E-state index contributed by atoms with van der Waals surface area (Å²) in [5, 5.41) is 4.84. The first-order valence-electron chi connectivity index (χ1n) is 7.55. The molecule has 2 aromatic rings. The van der Waals surface area contributed by atoms with Crippen LogP contribution >= 0.6 is 23.1 Å². The SMILES string of the molecule is O=C(CCC(=O)N1CCSc2ccccc21)NCc1cccs1. The van der Waals surface area contributed by atoms with Crippen molar-refractivity contribution in [3.05, 3.63) is 46.7 Å². The number of amides is 2. The van der Waals surface area contributed by atoms with E-state index in [2.05, 4.69) is 5.32 Å². The van der Waals surface area contributed by atoms with Crippen molar-refractivity contribution < 1.29 is 9.59 Å². The lowest BCUT2D eigenvalue weighted by Gasteiger charge is -2.29. The average molecular weight is 346 g/mol. The van der Waals surface area contributed by atoms with Gasteiger partial charge in [0.15, 0.2) is 0 Å². The van der Waals surface area contributed by atoms with E-state index >= 15 is 0 Å². The van der Waals surface area contributed by atoms with Gasteiger partial charge in [-0.05, 0) is 23.6 Å². The standard InChI is InChI=1S/C17H18N2O2S2/c20-16(18-12-13-4-3-10-22-13)7-8-17(21)19-9-11-23-15-6-2-1-5-14(15)19/h1-6,10H,7-9,11-12H2,(H,18,20). The number of thiophene rings is 1. The van der Waals surface area contributed by atoms with Gasteiger partial charge in [0.1, 0.15) is 0 Å². The number of rotatable bonds is 5. The lowest BCUT2D eigenvalue weighted by Crippen LogP contribution is -2.36. The molecular weight excluding hydrogens is 328 g/mol. The van der Waals surface area contributed by atoms with E-state index in [4.69, 9.17) is 0 Å². The van der Waals surface area contributed by atoms with E-state index in [1.807, 2.05) is 41.8 Å². The van der Waals surface area contributed by atoms with Crippen molar-refractivity contribution in [1.82, 2.24) is 5.32 Å². The molecule has 1 aromatic heterocycles. The molecule has 120 valence electrons. The molecule has 0 aliphatic carbocycles. The largest absolute Gasteiger partial charge is 0.351 e. The molecule has 2 heterocycles. The fourth-order valence-electron chi connectivity index (χ4n) is 2.47. The Hall–Kier alpha value is -1.79. The molecule has 0 fully saturated rings. The normalized spacial score (nSPS) is 13.5. The number of carbonyl (C=O) groups is 2. The minimum atomic E-state index is -0.0774. The second kappa shape index (κ2) is 7.66. The Morgan fingerprint density at radius 2 is 2.00 bits per heavy atom. The number of benzene rings is 1. The summed E-state index contributed by atoms with van der Waals surface area (Å²) in [5.74, 6) is 0.836. The van der Waals surface area contributed by atoms with Gasteiger partial charge < -0.3 is 10.2 Å². The lowest BCUT2D eigenvalue weighted by atomic mass is 10.2. The number of thioether (sulfide) groups is 1. The smallest absolute Gasteiger partial charge is 0.227 e. The predicted molar refractivity (Wildman–Crippen MR) is 94.9 cm³/mol. The number of nitrogens with zero attached hydrogens (tertiary/aromatic N) is 1. The van der Waals surface area contributed by atoms with E-state index in [1.54, 1.807) is 28.0 Å². The summed E-state index contributed by atoms with van der Waals surface area (Å²) in [6.45, 7) is 1.24. The highest BCUT2D eigenvalue weighted by Gasteiger charge is 2.22. The summed E-state index contributed by atoms with van der Waals surface area (Å²) >= 11 is 3.38. The zero-order chi connectivity index (χ0) is 16.1. The molecule has 1 aliphatic rings. The number of nitrogens with one attached hydrogen (secondary N) is 1. The molecule has 4 nitrogen and oxygen atoms in total. The number of para-hydroxylation sites is 1. The minimum absolute atomic E-state index is 0.0176. The summed E-state index contributed by atoms with van der Waals surface area (Å²) in [5.41, 5.74) is 0.966. The van der Waals surface area contributed by atoms with Crippen molar-refractivity contribution in [1.29, 1.82) is 0 Å². The summed E-state index contributed by atoms with van der Waals surface area (Å²) < 4.78 is 0. The quantitative estimate of drug-likeness (QED) is 0.904. The average Bonchev–Trinajstić information content (AvgIpc) is 3.11. The van der Waals surface area contributed by atoms with Crippen LogP contribution in [0.25, 0.3) is 0 Å². The van der Waals surface area contributed by atoms with Crippen LogP contribution < -0.4 is 10.2 Å². The summed E-state index contributed by atoms with van der Waals surface area (Å²) in [7, 11) is 0. The number of anilines is 1. The molecule has 0 atom stereocenters. The van der Waals surface area contributed by atoms with Gasteiger partial charge in [-0.1, -0.05) is 18.2 Å². The van der Waals surface area contributed by atoms with Crippen molar-refractivity contribution in [3.63, 3.8) is 0 Å². The maximum atomic E-state index is 12.4. The first-order valence-corrected chi connectivity index (χ1v) is 9.42. The summed E-state index contributed by atoms with van der Waals surface area (Å²) in [6, 6.07) is 11.9. The predicted octanol–water partition coefficient (Wildman–Crippen LogP) is 3.28. The zero-order valence-electron chi connectivity index (χ0n) is 12.7. The highest BCUT2D eigenvalue weighted by Crippen LogP contribution is 2.34. The fraction of sp³-hybridized carbons (Fsp3) is 0.294. The third kappa shape index (κ3) is 4.14. The van der Waals surface area contributed by atoms with Crippen LogP contribution in [0, 0.1) is 0 Å². The molecule has 0 saturated heterocycles. The number of fused-ring (bicyclic) bond motifs is 1. The monoisotopic (exact) mass is 346 g/mol. The molecule has 23 heavy (non-hydrogen) atoms.